The van der Waals surface area contributed by atoms with Gasteiger partial charge in [0.05, 0.1) is 18.4 Å². The Kier molecular flexibility index (Phi) is 6.00. The number of β-amino-alcohol motifs (C(OH)–C–C–N with tert-alkyl or cyclic N) is 1. The molecule has 114 valence electrons. The maximum Gasteiger partial charge on any atom is 0.146 e. The second-order valence-corrected chi connectivity index (χ2v) is 5.11. The van der Waals surface area contributed by atoms with Gasteiger partial charge in [0.2, 0.25) is 0 Å². The maximum atomic E-state index is 13.7. The first-order valence-corrected chi connectivity index (χ1v) is 7.12. The van der Waals surface area contributed by atoms with Crippen molar-refractivity contribution in [2.45, 2.75) is 6.10 Å². The molecule has 0 aliphatic carbocycles. The van der Waals surface area contributed by atoms with Crippen molar-refractivity contribution in [3.05, 3.63) is 30.1 Å². The zero-order valence-corrected chi connectivity index (χ0v) is 12.0. The van der Waals surface area contributed by atoms with Crippen molar-refractivity contribution in [3.63, 3.8) is 0 Å². The van der Waals surface area contributed by atoms with Crippen LogP contribution in [0, 0.1) is 18.2 Å². The molecule has 0 spiro atoms. The third-order valence-corrected chi connectivity index (χ3v) is 3.53. The van der Waals surface area contributed by atoms with Crippen LogP contribution in [0.4, 0.5) is 10.1 Å². The van der Waals surface area contributed by atoms with E-state index < -0.39 is 6.10 Å². The van der Waals surface area contributed by atoms with Crippen LogP contribution >= 0.6 is 0 Å². The van der Waals surface area contributed by atoms with Gasteiger partial charge in [0.1, 0.15) is 12.4 Å². The Bertz CT molecular complexity index is 481. The summed E-state index contributed by atoms with van der Waals surface area (Å²) in [5.41, 5.74) is 0.648. The molecule has 1 atom stereocenters. The molecule has 1 aliphatic rings. The number of aliphatic hydroxyl groups is 1. The van der Waals surface area contributed by atoms with Crippen LogP contribution in [-0.2, 0) is 4.74 Å². The van der Waals surface area contributed by atoms with Crippen molar-refractivity contribution in [1.29, 1.82) is 0 Å². The van der Waals surface area contributed by atoms with Gasteiger partial charge in [0.25, 0.3) is 0 Å². The first-order valence-electron chi connectivity index (χ1n) is 7.12. The normalized spacial score (nSPS) is 17.5. The molecule has 1 saturated heterocycles. The lowest BCUT2D eigenvalue weighted by Gasteiger charge is -2.36. The molecule has 0 amide bonds. The standard InChI is InChI=1S/C16H21FN2O2/c1-2-11-21-13-14(20)12-18-7-9-19(10-8-18)16-6-4-3-5-15(16)17/h1,3-6,14,20H,7-13H2/t14-/m0/s1. The number of anilines is 1. The highest BCUT2D eigenvalue weighted by Crippen LogP contribution is 2.20. The number of nitrogens with zero attached hydrogens (tertiary/aromatic N) is 2. The predicted octanol–water partition coefficient (Wildman–Crippen LogP) is 0.958. The molecule has 1 aromatic carbocycles. The lowest BCUT2D eigenvalue weighted by molar-refractivity contribution is 0.0267. The molecule has 1 aliphatic heterocycles. The van der Waals surface area contributed by atoms with E-state index in [4.69, 9.17) is 11.2 Å². The van der Waals surface area contributed by atoms with Gasteiger partial charge in [-0.05, 0) is 12.1 Å². The number of aliphatic hydroxyl groups excluding tert-OH is 1. The molecule has 5 heteroatoms. The lowest BCUT2D eigenvalue weighted by atomic mass is 10.2. The molecule has 0 unspecified atom stereocenters. The van der Waals surface area contributed by atoms with Crippen molar-refractivity contribution >= 4 is 5.69 Å². The van der Waals surface area contributed by atoms with E-state index in [1.165, 1.54) is 6.07 Å². The van der Waals surface area contributed by atoms with E-state index in [-0.39, 0.29) is 19.0 Å². The topological polar surface area (TPSA) is 35.9 Å². The minimum absolute atomic E-state index is 0.186. The Balaban J connectivity index is 1.76. The molecule has 4 nitrogen and oxygen atoms in total. The number of para-hydroxylation sites is 1. The molecule has 0 radical (unpaired) electrons. The fourth-order valence-corrected chi connectivity index (χ4v) is 2.48. The average Bonchev–Trinajstić information content (AvgIpc) is 2.49. The average molecular weight is 292 g/mol. The molecule has 21 heavy (non-hydrogen) atoms. The van der Waals surface area contributed by atoms with Crippen LogP contribution in [0.25, 0.3) is 0 Å². The fraction of sp³-hybridized carbons (Fsp3) is 0.500. The van der Waals surface area contributed by atoms with Gasteiger partial charge >= 0.3 is 0 Å². The number of ether oxygens (including phenoxy) is 1. The summed E-state index contributed by atoms with van der Waals surface area (Å²) in [5.74, 6) is 2.18. The Morgan fingerprint density at radius 1 is 1.29 bits per heavy atom. The molecular formula is C16H21FN2O2. The largest absolute Gasteiger partial charge is 0.389 e. The minimum atomic E-state index is -0.543. The van der Waals surface area contributed by atoms with Gasteiger partial charge in [-0.3, -0.25) is 4.90 Å². The van der Waals surface area contributed by atoms with Crippen LogP contribution in [0.2, 0.25) is 0 Å². The summed E-state index contributed by atoms with van der Waals surface area (Å²) in [6, 6.07) is 6.82. The smallest absolute Gasteiger partial charge is 0.146 e. The molecule has 0 bridgehead atoms. The minimum Gasteiger partial charge on any atom is -0.389 e. The van der Waals surface area contributed by atoms with E-state index in [1.54, 1.807) is 12.1 Å². The van der Waals surface area contributed by atoms with Crippen molar-refractivity contribution in [3.8, 4) is 12.3 Å². The molecule has 2 rings (SSSR count). The molecule has 0 saturated carbocycles. The van der Waals surface area contributed by atoms with Gasteiger partial charge in [-0.25, -0.2) is 4.39 Å². The highest BCUT2D eigenvalue weighted by Gasteiger charge is 2.20. The van der Waals surface area contributed by atoms with Gasteiger partial charge in [-0.15, -0.1) is 6.42 Å². The molecule has 0 aromatic heterocycles. The summed E-state index contributed by atoms with van der Waals surface area (Å²) >= 11 is 0. The van der Waals surface area contributed by atoms with Gasteiger partial charge in [0, 0.05) is 32.7 Å². The highest BCUT2D eigenvalue weighted by atomic mass is 19.1. The van der Waals surface area contributed by atoms with Gasteiger partial charge in [0.15, 0.2) is 0 Å². The molecule has 1 N–H and O–H groups in total. The Morgan fingerprint density at radius 2 is 2.00 bits per heavy atom. The Labute approximate surface area is 125 Å². The first-order chi connectivity index (χ1) is 10.2. The third kappa shape index (κ3) is 4.71. The van der Waals surface area contributed by atoms with Gasteiger partial charge < -0.3 is 14.7 Å². The number of piperazine rings is 1. The van der Waals surface area contributed by atoms with E-state index in [0.717, 1.165) is 26.2 Å². The van der Waals surface area contributed by atoms with Crippen LogP contribution in [0.5, 0.6) is 0 Å². The van der Waals surface area contributed by atoms with E-state index in [9.17, 15) is 9.50 Å². The fourth-order valence-electron chi connectivity index (χ4n) is 2.48. The molecular weight excluding hydrogens is 271 g/mol. The molecule has 1 fully saturated rings. The summed E-state index contributed by atoms with van der Waals surface area (Å²) in [6.45, 7) is 4.10. The molecule has 1 aromatic rings. The van der Waals surface area contributed by atoms with Crippen LogP contribution in [0.3, 0.4) is 0 Å². The summed E-state index contributed by atoms with van der Waals surface area (Å²) in [4.78, 5) is 4.19. The van der Waals surface area contributed by atoms with Gasteiger partial charge in [-0.1, -0.05) is 18.1 Å². The number of hydrogen-bond donors (Lipinski definition) is 1. The number of hydrogen-bond acceptors (Lipinski definition) is 4. The summed E-state index contributed by atoms with van der Waals surface area (Å²) in [5, 5.41) is 9.85. The van der Waals surface area contributed by atoms with Crippen molar-refractivity contribution in [2.24, 2.45) is 0 Å². The van der Waals surface area contributed by atoms with Crippen LogP contribution < -0.4 is 4.90 Å². The number of terminal acetylenes is 1. The van der Waals surface area contributed by atoms with E-state index >= 15 is 0 Å². The number of rotatable bonds is 6. The second kappa shape index (κ2) is 7.99. The quantitative estimate of drug-likeness (QED) is 0.626. The molecule has 1 heterocycles. The third-order valence-electron chi connectivity index (χ3n) is 3.53. The second-order valence-electron chi connectivity index (χ2n) is 5.11. The van der Waals surface area contributed by atoms with Crippen LogP contribution in [0.15, 0.2) is 24.3 Å². The maximum absolute atomic E-state index is 13.7. The Morgan fingerprint density at radius 3 is 2.67 bits per heavy atom. The van der Waals surface area contributed by atoms with E-state index in [2.05, 4.69) is 10.8 Å². The summed E-state index contributed by atoms with van der Waals surface area (Å²) in [7, 11) is 0. The zero-order valence-electron chi connectivity index (χ0n) is 12.0. The van der Waals surface area contributed by atoms with Crippen LogP contribution in [-0.4, -0.2) is 62.0 Å². The lowest BCUT2D eigenvalue weighted by Crippen LogP contribution is -2.49. The number of halogens is 1. The summed E-state index contributed by atoms with van der Waals surface area (Å²) in [6.07, 6.45) is 4.54. The zero-order chi connectivity index (χ0) is 15.1. The first kappa shape index (κ1) is 15.8. The SMILES string of the molecule is C#CCOC[C@@H](O)CN1CCN(c2ccccc2F)CC1. The van der Waals surface area contributed by atoms with E-state index in [1.807, 2.05) is 11.0 Å². The predicted molar refractivity (Wildman–Crippen MR) is 80.7 cm³/mol. The highest BCUT2D eigenvalue weighted by molar-refractivity contribution is 5.47. The van der Waals surface area contributed by atoms with E-state index in [0.29, 0.717) is 12.2 Å². The monoisotopic (exact) mass is 292 g/mol. The summed E-state index contributed by atoms with van der Waals surface area (Å²) < 4.78 is 18.8. The number of benzene rings is 1. The van der Waals surface area contributed by atoms with Gasteiger partial charge in [-0.2, -0.15) is 0 Å². The van der Waals surface area contributed by atoms with Crippen molar-refractivity contribution in [2.75, 3.05) is 50.8 Å². The van der Waals surface area contributed by atoms with Crippen molar-refractivity contribution in [1.82, 2.24) is 4.90 Å². The van der Waals surface area contributed by atoms with Crippen molar-refractivity contribution < 1.29 is 14.2 Å². The Hall–Kier alpha value is -1.61. The van der Waals surface area contributed by atoms with Crippen LogP contribution in [0.1, 0.15) is 0 Å².